The van der Waals surface area contributed by atoms with Crippen molar-refractivity contribution in [2.75, 3.05) is 13.2 Å². The van der Waals surface area contributed by atoms with Crippen molar-refractivity contribution in [2.45, 2.75) is 60.6 Å². The average molecular weight is 358 g/mol. The molecule has 2 fully saturated rings. The van der Waals surface area contributed by atoms with Crippen molar-refractivity contribution in [3.63, 3.8) is 0 Å². The molecule has 2 rings (SSSR count). The zero-order valence-electron chi connectivity index (χ0n) is 12.0. The molecule has 0 aromatic rings. The van der Waals surface area contributed by atoms with Gasteiger partial charge in [0.05, 0.1) is 13.2 Å². The quantitative estimate of drug-likeness (QED) is 0.229. The summed E-state index contributed by atoms with van der Waals surface area (Å²) in [5.74, 6) is 0. The first-order chi connectivity index (χ1) is 10.8. The lowest BCUT2D eigenvalue weighted by atomic mass is 9.99. The Balaban J connectivity index is 1.94. The third kappa shape index (κ3) is 3.96. The molecule has 2 aliphatic rings. The number of hydrogen-bond acceptors (Lipinski definition) is 11. The standard InChI is InChI=1S/C12H22O10S/c13-1-3-5(14)7(16)9(18)11(21-3)20-2-4-6(15)8(17)10(19)12(23)22-4/h3-19,23H,1-2H2. The summed E-state index contributed by atoms with van der Waals surface area (Å²) in [6.45, 7) is -0.957. The predicted molar refractivity (Wildman–Crippen MR) is 75.4 cm³/mol. The molecule has 2 saturated heterocycles. The van der Waals surface area contributed by atoms with Crippen molar-refractivity contribution >= 4 is 12.6 Å². The molecule has 0 aromatic heterocycles. The van der Waals surface area contributed by atoms with Crippen LogP contribution in [0.2, 0.25) is 0 Å². The van der Waals surface area contributed by atoms with E-state index in [1.54, 1.807) is 0 Å². The summed E-state index contributed by atoms with van der Waals surface area (Å²) in [6.07, 6.45) is -12.6. The average Bonchev–Trinajstić information content (AvgIpc) is 2.54. The van der Waals surface area contributed by atoms with E-state index in [0.29, 0.717) is 0 Å². The summed E-state index contributed by atoms with van der Waals surface area (Å²) in [6, 6.07) is 0. The SMILES string of the molecule is OCC1OC(OCC2OC(S)C(O)C(O)C2O)C(O)C(O)C1O. The van der Waals surface area contributed by atoms with Crippen LogP contribution in [0.4, 0.5) is 0 Å². The maximum atomic E-state index is 9.83. The molecule has 0 bridgehead atoms. The van der Waals surface area contributed by atoms with Crippen LogP contribution in [0.3, 0.4) is 0 Å². The van der Waals surface area contributed by atoms with Crippen LogP contribution in [0.15, 0.2) is 0 Å². The molecule has 10 nitrogen and oxygen atoms in total. The summed E-state index contributed by atoms with van der Waals surface area (Å²) >= 11 is 3.92. The van der Waals surface area contributed by atoms with Crippen LogP contribution >= 0.6 is 12.6 Å². The van der Waals surface area contributed by atoms with E-state index < -0.39 is 67.2 Å². The first kappa shape index (κ1) is 19.3. The molecular formula is C12H22O10S. The van der Waals surface area contributed by atoms with Gasteiger partial charge in [-0.15, -0.1) is 12.6 Å². The Labute approximate surface area is 137 Å². The second-order valence-electron chi connectivity index (χ2n) is 5.57. The summed E-state index contributed by atoms with van der Waals surface area (Å²) < 4.78 is 15.5. The summed E-state index contributed by atoms with van der Waals surface area (Å²) in [4.78, 5) is 0. The smallest absolute Gasteiger partial charge is 0.186 e. The number of rotatable bonds is 4. The fraction of sp³-hybridized carbons (Fsp3) is 1.00. The minimum absolute atomic E-state index is 0.356. The van der Waals surface area contributed by atoms with Crippen LogP contribution < -0.4 is 0 Å². The van der Waals surface area contributed by atoms with E-state index in [1.807, 2.05) is 0 Å². The molecule has 2 aliphatic heterocycles. The molecule has 7 N–H and O–H groups in total. The molecule has 2 heterocycles. The highest BCUT2D eigenvalue weighted by atomic mass is 32.1. The molecule has 0 aliphatic carbocycles. The Hall–Kier alpha value is -0.0500. The van der Waals surface area contributed by atoms with Gasteiger partial charge < -0.3 is 50.0 Å². The first-order valence-electron chi connectivity index (χ1n) is 7.07. The van der Waals surface area contributed by atoms with Gasteiger partial charge >= 0.3 is 0 Å². The van der Waals surface area contributed by atoms with Gasteiger partial charge in [0.15, 0.2) is 6.29 Å². The molecule has 10 unspecified atom stereocenters. The van der Waals surface area contributed by atoms with Crippen molar-refractivity contribution in [3.05, 3.63) is 0 Å². The maximum absolute atomic E-state index is 9.83. The number of thiol groups is 1. The highest BCUT2D eigenvalue weighted by Crippen LogP contribution is 2.26. The monoisotopic (exact) mass is 358 g/mol. The zero-order chi connectivity index (χ0) is 17.3. The van der Waals surface area contributed by atoms with Crippen molar-refractivity contribution in [1.82, 2.24) is 0 Å². The van der Waals surface area contributed by atoms with E-state index >= 15 is 0 Å². The zero-order valence-corrected chi connectivity index (χ0v) is 12.9. The summed E-state index contributed by atoms with van der Waals surface area (Å²) in [5, 5.41) is 67.2. The lowest BCUT2D eigenvalue weighted by Gasteiger charge is -2.42. The van der Waals surface area contributed by atoms with Crippen LogP contribution in [0.1, 0.15) is 0 Å². The lowest BCUT2D eigenvalue weighted by molar-refractivity contribution is -0.311. The maximum Gasteiger partial charge on any atom is 0.186 e. The highest BCUT2D eigenvalue weighted by Gasteiger charge is 2.46. The van der Waals surface area contributed by atoms with Crippen molar-refractivity contribution in [2.24, 2.45) is 0 Å². The minimum Gasteiger partial charge on any atom is -0.394 e. The first-order valence-corrected chi connectivity index (χ1v) is 7.59. The molecule has 0 radical (unpaired) electrons. The number of aliphatic hydroxyl groups excluding tert-OH is 7. The molecule has 136 valence electrons. The third-order valence-electron chi connectivity index (χ3n) is 3.96. The Morgan fingerprint density at radius 1 is 0.739 bits per heavy atom. The van der Waals surface area contributed by atoms with Crippen LogP contribution in [0.5, 0.6) is 0 Å². The van der Waals surface area contributed by atoms with Gasteiger partial charge in [0.1, 0.15) is 54.3 Å². The summed E-state index contributed by atoms with van der Waals surface area (Å²) in [5.41, 5.74) is -1.04. The van der Waals surface area contributed by atoms with Gasteiger partial charge in [0.2, 0.25) is 0 Å². The summed E-state index contributed by atoms with van der Waals surface area (Å²) in [7, 11) is 0. The van der Waals surface area contributed by atoms with Gasteiger partial charge in [0.25, 0.3) is 0 Å². The van der Waals surface area contributed by atoms with Gasteiger partial charge in [-0.1, -0.05) is 0 Å². The van der Waals surface area contributed by atoms with Crippen molar-refractivity contribution < 1.29 is 50.0 Å². The molecule has 23 heavy (non-hydrogen) atoms. The highest BCUT2D eigenvalue weighted by molar-refractivity contribution is 7.80. The number of ether oxygens (including phenoxy) is 3. The molecule has 0 aromatic carbocycles. The number of aliphatic hydroxyl groups is 7. The number of hydrogen-bond donors (Lipinski definition) is 8. The van der Waals surface area contributed by atoms with Crippen LogP contribution in [0, 0.1) is 0 Å². The van der Waals surface area contributed by atoms with Crippen molar-refractivity contribution in [1.29, 1.82) is 0 Å². The van der Waals surface area contributed by atoms with Gasteiger partial charge in [-0.05, 0) is 0 Å². The Bertz CT molecular complexity index is 385. The Kier molecular flexibility index (Phi) is 6.61. The van der Waals surface area contributed by atoms with E-state index in [0.717, 1.165) is 0 Å². The van der Waals surface area contributed by atoms with Crippen LogP contribution in [-0.2, 0) is 14.2 Å². The van der Waals surface area contributed by atoms with E-state index in [1.165, 1.54) is 0 Å². The van der Waals surface area contributed by atoms with Crippen LogP contribution in [0.25, 0.3) is 0 Å². The van der Waals surface area contributed by atoms with Gasteiger partial charge in [-0.2, -0.15) is 0 Å². The Morgan fingerprint density at radius 3 is 1.91 bits per heavy atom. The van der Waals surface area contributed by atoms with E-state index in [9.17, 15) is 30.6 Å². The van der Waals surface area contributed by atoms with Gasteiger partial charge in [0, 0.05) is 0 Å². The van der Waals surface area contributed by atoms with Crippen LogP contribution in [-0.4, -0.2) is 110 Å². The minimum atomic E-state index is -1.59. The van der Waals surface area contributed by atoms with E-state index in [-0.39, 0.29) is 6.61 Å². The Morgan fingerprint density at radius 2 is 1.30 bits per heavy atom. The second kappa shape index (κ2) is 7.89. The van der Waals surface area contributed by atoms with Gasteiger partial charge in [-0.3, -0.25) is 0 Å². The molecule has 11 heteroatoms. The van der Waals surface area contributed by atoms with Crippen molar-refractivity contribution in [3.8, 4) is 0 Å². The lowest BCUT2D eigenvalue weighted by Crippen LogP contribution is -2.61. The molecular weight excluding hydrogens is 336 g/mol. The predicted octanol–water partition coefficient (Wildman–Crippen LogP) is -4.46. The molecule has 0 spiro atoms. The van der Waals surface area contributed by atoms with Gasteiger partial charge in [-0.25, -0.2) is 0 Å². The van der Waals surface area contributed by atoms with E-state index in [2.05, 4.69) is 12.6 Å². The molecule has 0 saturated carbocycles. The fourth-order valence-corrected chi connectivity index (χ4v) is 2.80. The molecule has 10 atom stereocenters. The fourth-order valence-electron chi connectivity index (χ4n) is 2.46. The third-order valence-corrected chi connectivity index (χ3v) is 4.39. The van der Waals surface area contributed by atoms with E-state index in [4.69, 9.17) is 19.3 Å². The second-order valence-corrected chi connectivity index (χ2v) is 6.08. The topological polar surface area (TPSA) is 169 Å². The largest absolute Gasteiger partial charge is 0.394 e. The molecule has 0 amide bonds. The normalized spacial score (nSPS) is 51.7.